The van der Waals surface area contributed by atoms with Gasteiger partial charge in [-0.3, -0.25) is 0 Å². The van der Waals surface area contributed by atoms with Crippen molar-refractivity contribution < 1.29 is 8.78 Å². The van der Waals surface area contributed by atoms with Crippen molar-refractivity contribution >= 4 is 22.7 Å². The molecule has 0 aliphatic rings. The number of alkyl halides is 2. The molecule has 2 rings (SSSR count). The third-order valence-corrected chi connectivity index (χ3v) is 3.28. The molecular weight excluding hydrogens is 272 g/mol. The van der Waals surface area contributed by atoms with Gasteiger partial charge in [0.1, 0.15) is 0 Å². The predicted octanol–water partition coefficient (Wildman–Crippen LogP) is 4.32. The first-order valence-corrected chi connectivity index (χ1v) is 6.61. The lowest BCUT2D eigenvalue weighted by Crippen LogP contribution is -2.10. The number of aryl methyl sites for hydroxylation is 1. The molecule has 0 aliphatic carbocycles. The van der Waals surface area contributed by atoms with E-state index >= 15 is 0 Å². The molecule has 3 N–H and O–H groups in total. The van der Waals surface area contributed by atoms with E-state index in [-0.39, 0.29) is 5.56 Å². The Morgan fingerprint density at radius 1 is 1.10 bits per heavy atom. The maximum atomic E-state index is 13.1. The molecule has 2 aromatic carbocycles. The van der Waals surface area contributed by atoms with Crippen molar-refractivity contribution in [3.63, 3.8) is 0 Å². The third kappa shape index (κ3) is 3.42. The van der Waals surface area contributed by atoms with E-state index in [1.165, 1.54) is 6.07 Å². The molecule has 0 saturated heterocycles. The van der Waals surface area contributed by atoms with E-state index in [2.05, 4.69) is 5.32 Å². The largest absolute Gasteiger partial charge is 0.399 e. The number of hydrogen-bond acceptors (Lipinski definition) is 3. The number of halogens is 2. The molecule has 0 atom stereocenters. The Kier molecular flexibility index (Phi) is 4.31. The van der Waals surface area contributed by atoms with Gasteiger partial charge in [0.15, 0.2) is 0 Å². The van der Waals surface area contributed by atoms with Gasteiger partial charge in [-0.2, -0.15) is 0 Å². The van der Waals surface area contributed by atoms with Crippen molar-refractivity contribution in [1.82, 2.24) is 0 Å². The van der Waals surface area contributed by atoms with Gasteiger partial charge in [0.05, 0.1) is 0 Å². The van der Waals surface area contributed by atoms with Gasteiger partial charge >= 0.3 is 0 Å². The van der Waals surface area contributed by atoms with Crippen molar-refractivity contribution in [1.29, 1.82) is 0 Å². The van der Waals surface area contributed by atoms with Gasteiger partial charge in [0.25, 0.3) is 6.43 Å². The number of hydrogen-bond donors (Lipinski definition) is 2. The third-order valence-electron chi connectivity index (χ3n) is 3.28. The van der Waals surface area contributed by atoms with Crippen LogP contribution in [0.15, 0.2) is 36.4 Å². The molecule has 0 radical (unpaired) electrons. The summed E-state index contributed by atoms with van der Waals surface area (Å²) in [7, 11) is 3.89. The van der Waals surface area contributed by atoms with E-state index in [1.807, 2.05) is 44.1 Å². The highest BCUT2D eigenvalue weighted by molar-refractivity contribution is 5.70. The van der Waals surface area contributed by atoms with Crippen LogP contribution in [0, 0.1) is 6.92 Å². The summed E-state index contributed by atoms with van der Waals surface area (Å²) < 4.78 is 26.2. The average Bonchev–Trinajstić information content (AvgIpc) is 2.42. The van der Waals surface area contributed by atoms with Gasteiger partial charge in [-0.1, -0.05) is 6.07 Å². The topological polar surface area (TPSA) is 41.3 Å². The molecule has 0 unspecified atom stereocenters. The minimum Gasteiger partial charge on any atom is -0.399 e. The van der Waals surface area contributed by atoms with Crippen LogP contribution in [-0.2, 0) is 0 Å². The monoisotopic (exact) mass is 291 g/mol. The Morgan fingerprint density at radius 2 is 1.81 bits per heavy atom. The maximum Gasteiger partial charge on any atom is 0.265 e. The molecule has 0 heterocycles. The molecule has 0 aliphatic heterocycles. The number of nitrogen functional groups attached to an aromatic ring is 1. The van der Waals surface area contributed by atoms with E-state index in [0.717, 1.165) is 16.9 Å². The number of rotatable bonds is 4. The Balaban J connectivity index is 2.36. The fourth-order valence-electron chi connectivity index (χ4n) is 2.20. The maximum absolute atomic E-state index is 13.1. The number of nitrogens with one attached hydrogen (secondary N) is 1. The van der Waals surface area contributed by atoms with Crippen LogP contribution < -0.4 is 16.0 Å². The van der Waals surface area contributed by atoms with E-state index in [0.29, 0.717) is 11.4 Å². The summed E-state index contributed by atoms with van der Waals surface area (Å²) in [5.74, 6) is 0. The molecule has 2 aromatic rings. The van der Waals surface area contributed by atoms with Crippen LogP contribution in [-0.4, -0.2) is 14.1 Å². The molecule has 3 nitrogen and oxygen atoms in total. The molecule has 0 amide bonds. The molecule has 0 fully saturated rings. The standard InChI is InChI=1S/C16H19F2N3/c1-10-4-6-12(9-15(10)21(2)3)20-14-7-5-11(19)8-13(14)16(17)18/h4-9,16,20H,19H2,1-3H3. The Hall–Kier alpha value is -2.30. The van der Waals surface area contributed by atoms with Crippen LogP contribution in [0.1, 0.15) is 17.6 Å². The predicted molar refractivity (Wildman–Crippen MR) is 84.6 cm³/mol. The zero-order valence-corrected chi connectivity index (χ0v) is 12.3. The van der Waals surface area contributed by atoms with E-state index in [1.54, 1.807) is 12.1 Å². The molecule has 0 bridgehead atoms. The van der Waals surface area contributed by atoms with E-state index in [4.69, 9.17) is 5.73 Å². The van der Waals surface area contributed by atoms with Gasteiger partial charge in [-0.05, 0) is 42.8 Å². The normalized spacial score (nSPS) is 10.8. The minimum absolute atomic E-state index is 0.0954. The second-order valence-corrected chi connectivity index (χ2v) is 5.17. The molecule has 0 spiro atoms. The van der Waals surface area contributed by atoms with Gasteiger partial charge in [0.2, 0.25) is 0 Å². The number of nitrogens with zero attached hydrogens (tertiary/aromatic N) is 1. The fraction of sp³-hybridized carbons (Fsp3) is 0.250. The lowest BCUT2D eigenvalue weighted by atomic mass is 10.1. The molecule has 0 saturated carbocycles. The molecule has 5 heteroatoms. The first-order valence-electron chi connectivity index (χ1n) is 6.61. The molecular formula is C16H19F2N3. The first-order chi connectivity index (χ1) is 9.88. The molecule has 0 aromatic heterocycles. The van der Waals surface area contributed by atoms with Crippen molar-refractivity contribution in [2.45, 2.75) is 13.3 Å². The second-order valence-electron chi connectivity index (χ2n) is 5.17. The van der Waals surface area contributed by atoms with Crippen molar-refractivity contribution in [2.75, 3.05) is 30.0 Å². The zero-order chi connectivity index (χ0) is 15.6. The molecule has 112 valence electrons. The molecule has 21 heavy (non-hydrogen) atoms. The lowest BCUT2D eigenvalue weighted by molar-refractivity contribution is 0.152. The lowest BCUT2D eigenvalue weighted by Gasteiger charge is -2.18. The van der Waals surface area contributed by atoms with E-state index in [9.17, 15) is 8.78 Å². The van der Waals surface area contributed by atoms with Crippen LogP contribution >= 0.6 is 0 Å². The summed E-state index contributed by atoms with van der Waals surface area (Å²) in [5.41, 5.74) is 9.09. The van der Waals surface area contributed by atoms with Crippen LogP contribution in [0.4, 0.5) is 31.5 Å². The summed E-state index contributed by atoms with van der Waals surface area (Å²) >= 11 is 0. The zero-order valence-electron chi connectivity index (χ0n) is 12.3. The summed E-state index contributed by atoms with van der Waals surface area (Å²) in [6.45, 7) is 2.01. The van der Waals surface area contributed by atoms with Gasteiger partial charge in [-0.25, -0.2) is 8.78 Å². The number of anilines is 4. The van der Waals surface area contributed by atoms with Gasteiger partial charge in [0, 0.05) is 42.4 Å². The summed E-state index contributed by atoms with van der Waals surface area (Å²) in [5, 5.41) is 3.04. The number of benzene rings is 2. The number of nitrogens with two attached hydrogens (primary N) is 1. The highest BCUT2D eigenvalue weighted by atomic mass is 19.3. The SMILES string of the molecule is Cc1ccc(Nc2ccc(N)cc2C(F)F)cc1N(C)C. The van der Waals surface area contributed by atoms with Gasteiger partial charge < -0.3 is 16.0 Å². The van der Waals surface area contributed by atoms with Crippen LogP contribution in [0.2, 0.25) is 0 Å². The summed E-state index contributed by atoms with van der Waals surface area (Å²) in [6.07, 6.45) is -2.57. The van der Waals surface area contributed by atoms with Crippen molar-refractivity contribution in [3.8, 4) is 0 Å². The average molecular weight is 291 g/mol. The Morgan fingerprint density at radius 3 is 2.43 bits per heavy atom. The van der Waals surface area contributed by atoms with Gasteiger partial charge in [-0.15, -0.1) is 0 Å². The first kappa shape index (κ1) is 15.1. The van der Waals surface area contributed by atoms with Crippen molar-refractivity contribution in [3.05, 3.63) is 47.5 Å². The van der Waals surface area contributed by atoms with Crippen molar-refractivity contribution in [2.24, 2.45) is 0 Å². The minimum atomic E-state index is -2.57. The fourth-order valence-corrected chi connectivity index (χ4v) is 2.20. The van der Waals surface area contributed by atoms with Crippen LogP contribution in [0.3, 0.4) is 0 Å². The summed E-state index contributed by atoms with van der Waals surface area (Å²) in [4.78, 5) is 1.98. The highest BCUT2D eigenvalue weighted by Gasteiger charge is 2.14. The Bertz CT molecular complexity index is 639. The van der Waals surface area contributed by atoms with Crippen LogP contribution in [0.25, 0.3) is 0 Å². The second kappa shape index (κ2) is 5.99. The highest BCUT2D eigenvalue weighted by Crippen LogP contribution is 2.32. The summed E-state index contributed by atoms with van der Waals surface area (Å²) in [6, 6.07) is 10.2. The van der Waals surface area contributed by atoms with Crippen LogP contribution in [0.5, 0.6) is 0 Å². The Labute approximate surface area is 123 Å². The van der Waals surface area contributed by atoms with E-state index < -0.39 is 6.43 Å². The smallest absolute Gasteiger partial charge is 0.265 e. The quantitative estimate of drug-likeness (QED) is 0.824.